The molecule has 0 bridgehead atoms. The first-order valence-corrected chi connectivity index (χ1v) is 10.3. The highest BCUT2D eigenvalue weighted by Crippen LogP contribution is 2.39. The summed E-state index contributed by atoms with van der Waals surface area (Å²) >= 11 is 1.41. The predicted octanol–water partition coefficient (Wildman–Crippen LogP) is 3.33. The molecule has 0 fully saturated rings. The highest BCUT2D eigenvalue weighted by Gasteiger charge is 2.23. The third kappa shape index (κ3) is 4.98. The molecule has 1 aromatic carbocycles. The molecule has 0 saturated carbocycles. The van der Waals surface area contributed by atoms with E-state index in [1.54, 1.807) is 12.1 Å². The predicted molar refractivity (Wildman–Crippen MR) is 116 cm³/mol. The fraction of sp³-hybridized carbons (Fsp3) is 0.318. The van der Waals surface area contributed by atoms with Gasteiger partial charge in [0, 0.05) is 11.0 Å². The maximum absolute atomic E-state index is 12.2. The van der Waals surface area contributed by atoms with Gasteiger partial charge < -0.3 is 24.3 Å². The fourth-order valence-corrected chi connectivity index (χ4v) is 4.58. The Bertz CT molecular complexity index is 1040. The highest BCUT2D eigenvalue weighted by molar-refractivity contribution is 7.16. The van der Waals surface area contributed by atoms with Crippen molar-refractivity contribution in [1.29, 1.82) is 5.26 Å². The van der Waals surface area contributed by atoms with Crippen LogP contribution in [0.4, 0.5) is 5.00 Å². The number of rotatable bonds is 8. The molecule has 1 amide bonds. The van der Waals surface area contributed by atoms with E-state index in [1.165, 1.54) is 44.8 Å². The first-order chi connectivity index (χ1) is 15.0. The molecule has 1 N–H and O–H groups in total. The number of carbonyl (C=O) groups excluding carboxylic acids is 2. The van der Waals surface area contributed by atoms with Gasteiger partial charge in [0.1, 0.15) is 11.1 Å². The molecule has 3 rings (SSSR count). The second kappa shape index (κ2) is 10.00. The van der Waals surface area contributed by atoms with Gasteiger partial charge in [0.25, 0.3) is 5.91 Å². The van der Waals surface area contributed by atoms with Crippen LogP contribution in [0.3, 0.4) is 0 Å². The Hall–Kier alpha value is -3.51. The lowest BCUT2D eigenvalue weighted by atomic mass is 10.1. The van der Waals surface area contributed by atoms with E-state index in [4.69, 9.17) is 18.9 Å². The molecule has 0 radical (unpaired) electrons. The van der Waals surface area contributed by atoms with Crippen molar-refractivity contribution in [1.82, 2.24) is 0 Å². The molecule has 8 nitrogen and oxygen atoms in total. The molecule has 2 aromatic rings. The van der Waals surface area contributed by atoms with E-state index in [9.17, 15) is 14.9 Å². The van der Waals surface area contributed by atoms with Crippen molar-refractivity contribution in [3.05, 3.63) is 39.8 Å². The van der Waals surface area contributed by atoms with E-state index in [-0.39, 0.29) is 0 Å². The average Bonchev–Trinajstić information content (AvgIpc) is 3.35. The summed E-state index contributed by atoms with van der Waals surface area (Å²) in [6.45, 7) is -0.453. The van der Waals surface area contributed by atoms with Crippen LogP contribution in [-0.4, -0.2) is 39.8 Å². The first kappa shape index (κ1) is 22.2. The number of carbonyl (C=O) groups is 2. The van der Waals surface area contributed by atoms with Crippen molar-refractivity contribution < 1.29 is 28.5 Å². The maximum atomic E-state index is 12.2. The van der Waals surface area contributed by atoms with Gasteiger partial charge >= 0.3 is 5.97 Å². The number of amides is 1. The third-order valence-corrected chi connectivity index (χ3v) is 5.94. The van der Waals surface area contributed by atoms with Crippen LogP contribution in [0.2, 0.25) is 0 Å². The number of nitrogens with zero attached hydrogens (tertiary/aromatic N) is 1. The monoisotopic (exact) mass is 442 g/mol. The highest BCUT2D eigenvalue weighted by atomic mass is 32.1. The second-order valence-electron chi connectivity index (χ2n) is 6.62. The van der Waals surface area contributed by atoms with Crippen LogP contribution in [0, 0.1) is 11.3 Å². The van der Waals surface area contributed by atoms with Crippen molar-refractivity contribution in [2.45, 2.75) is 19.3 Å². The van der Waals surface area contributed by atoms with Crippen LogP contribution >= 0.6 is 11.3 Å². The Labute approximate surface area is 184 Å². The molecular formula is C22H22N2O6S. The number of anilines is 1. The molecule has 9 heteroatoms. The lowest BCUT2D eigenvalue weighted by Gasteiger charge is -2.12. The lowest BCUT2D eigenvalue weighted by Crippen LogP contribution is -2.20. The Morgan fingerprint density at radius 1 is 1.16 bits per heavy atom. The van der Waals surface area contributed by atoms with Crippen LogP contribution < -0.4 is 19.5 Å². The molecule has 1 heterocycles. The van der Waals surface area contributed by atoms with E-state index in [1.807, 2.05) is 0 Å². The third-order valence-electron chi connectivity index (χ3n) is 4.73. The van der Waals surface area contributed by atoms with Gasteiger partial charge in [0.15, 0.2) is 18.1 Å². The summed E-state index contributed by atoms with van der Waals surface area (Å²) in [5.74, 6) is 0.164. The van der Waals surface area contributed by atoms with E-state index >= 15 is 0 Å². The number of ether oxygens (including phenoxy) is 4. The minimum Gasteiger partial charge on any atom is -0.493 e. The molecule has 1 aromatic heterocycles. The van der Waals surface area contributed by atoms with Crippen molar-refractivity contribution in [3.63, 3.8) is 0 Å². The van der Waals surface area contributed by atoms with Gasteiger partial charge in [-0.3, -0.25) is 4.79 Å². The van der Waals surface area contributed by atoms with E-state index in [0.29, 0.717) is 33.4 Å². The van der Waals surface area contributed by atoms with Crippen molar-refractivity contribution in [3.8, 4) is 23.3 Å². The number of aryl methyl sites for hydroxylation is 1. The molecule has 0 spiro atoms. The minimum atomic E-state index is -0.682. The number of nitrogens with one attached hydrogen (secondary N) is 1. The van der Waals surface area contributed by atoms with Gasteiger partial charge in [-0.2, -0.15) is 5.26 Å². The molecule has 0 atom stereocenters. The summed E-state index contributed by atoms with van der Waals surface area (Å²) in [6.07, 6.45) is 5.52. The summed E-state index contributed by atoms with van der Waals surface area (Å²) in [7, 11) is 4.50. The number of thiophene rings is 1. The Kier molecular flexibility index (Phi) is 7.15. The first-order valence-electron chi connectivity index (χ1n) is 9.50. The van der Waals surface area contributed by atoms with Crippen LogP contribution in [0.15, 0.2) is 18.2 Å². The summed E-state index contributed by atoms with van der Waals surface area (Å²) in [4.78, 5) is 25.3. The van der Waals surface area contributed by atoms with Crippen molar-refractivity contribution in [2.75, 3.05) is 33.3 Å². The SMILES string of the molecule is COc1cc(/C=C/C(=O)OCC(=O)Nc2sc3c(c2C#N)CCC3)cc(OC)c1OC. The lowest BCUT2D eigenvalue weighted by molar-refractivity contribution is -0.142. The van der Waals surface area contributed by atoms with Gasteiger partial charge in [0.2, 0.25) is 5.75 Å². The molecule has 1 aliphatic rings. The molecule has 162 valence electrons. The van der Waals surface area contributed by atoms with Crippen LogP contribution in [-0.2, 0) is 27.2 Å². The number of benzene rings is 1. The van der Waals surface area contributed by atoms with Gasteiger partial charge in [-0.05, 0) is 48.6 Å². The quantitative estimate of drug-likeness (QED) is 0.494. The largest absolute Gasteiger partial charge is 0.493 e. The zero-order valence-corrected chi connectivity index (χ0v) is 18.3. The van der Waals surface area contributed by atoms with E-state index in [0.717, 1.165) is 29.7 Å². The van der Waals surface area contributed by atoms with Crippen LogP contribution in [0.25, 0.3) is 6.08 Å². The average molecular weight is 442 g/mol. The van der Waals surface area contributed by atoms with Crippen LogP contribution in [0.1, 0.15) is 28.0 Å². The van der Waals surface area contributed by atoms with E-state index < -0.39 is 18.5 Å². The summed E-state index contributed by atoms with van der Waals surface area (Å²) in [6, 6.07) is 5.51. The summed E-state index contributed by atoms with van der Waals surface area (Å²) in [5, 5.41) is 12.6. The Morgan fingerprint density at radius 3 is 2.48 bits per heavy atom. The normalized spacial score (nSPS) is 12.2. The number of esters is 1. The van der Waals surface area contributed by atoms with Crippen molar-refractivity contribution in [2.24, 2.45) is 0 Å². The smallest absolute Gasteiger partial charge is 0.331 e. The second-order valence-corrected chi connectivity index (χ2v) is 7.73. The zero-order valence-electron chi connectivity index (χ0n) is 17.4. The maximum Gasteiger partial charge on any atom is 0.331 e. The van der Waals surface area contributed by atoms with Crippen LogP contribution in [0.5, 0.6) is 17.2 Å². The number of hydrogen-bond donors (Lipinski definition) is 1. The molecule has 0 saturated heterocycles. The van der Waals surface area contributed by atoms with Gasteiger partial charge in [-0.25, -0.2) is 4.79 Å². The molecular weight excluding hydrogens is 420 g/mol. The molecule has 0 aliphatic heterocycles. The molecule has 0 unspecified atom stereocenters. The fourth-order valence-electron chi connectivity index (χ4n) is 3.32. The summed E-state index contributed by atoms with van der Waals surface area (Å²) < 4.78 is 20.8. The topological polar surface area (TPSA) is 107 Å². The van der Waals surface area contributed by atoms with E-state index in [2.05, 4.69) is 11.4 Å². The number of methoxy groups -OCH3 is 3. The number of hydrogen-bond acceptors (Lipinski definition) is 8. The minimum absolute atomic E-state index is 0.442. The number of nitriles is 1. The standard InChI is InChI=1S/C22H22N2O6S/c1-27-16-9-13(10-17(28-2)21(16)29-3)7-8-20(26)30-12-19(25)24-22-15(11-23)14-5-4-6-18(14)31-22/h7-10H,4-6,12H2,1-3H3,(H,24,25)/b8-7+. The van der Waals surface area contributed by atoms with Gasteiger partial charge in [-0.15, -0.1) is 11.3 Å². The van der Waals surface area contributed by atoms with Gasteiger partial charge in [-0.1, -0.05) is 0 Å². The van der Waals surface area contributed by atoms with Gasteiger partial charge in [0.05, 0.1) is 26.9 Å². The van der Waals surface area contributed by atoms with Crippen molar-refractivity contribution >= 4 is 34.3 Å². The Morgan fingerprint density at radius 2 is 1.87 bits per heavy atom. The zero-order chi connectivity index (χ0) is 22.4. The Balaban J connectivity index is 1.59. The molecule has 31 heavy (non-hydrogen) atoms. The number of fused-ring (bicyclic) bond motifs is 1. The summed E-state index contributed by atoms with van der Waals surface area (Å²) in [5.41, 5.74) is 2.16. The molecule has 1 aliphatic carbocycles.